The van der Waals surface area contributed by atoms with Crippen LogP contribution in [0.2, 0.25) is 0 Å². The van der Waals surface area contributed by atoms with Gasteiger partial charge in [-0.25, -0.2) is 0 Å². The molecule has 1 saturated carbocycles. The van der Waals surface area contributed by atoms with E-state index in [1.165, 1.54) is 6.20 Å². The highest BCUT2D eigenvalue weighted by molar-refractivity contribution is 6.04. The lowest BCUT2D eigenvalue weighted by Gasteiger charge is -2.08. The second-order valence-electron chi connectivity index (χ2n) is 5.03. The summed E-state index contributed by atoms with van der Waals surface area (Å²) in [7, 11) is 0. The van der Waals surface area contributed by atoms with Crippen molar-refractivity contribution in [3.8, 4) is 6.07 Å². The van der Waals surface area contributed by atoms with Gasteiger partial charge in [-0.15, -0.1) is 0 Å². The van der Waals surface area contributed by atoms with E-state index in [1.807, 2.05) is 6.07 Å². The third-order valence-electron chi connectivity index (χ3n) is 3.20. The Bertz CT molecular complexity index is 716. The summed E-state index contributed by atoms with van der Waals surface area (Å²) >= 11 is 0. The molecule has 0 unspecified atom stereocenters. The molecule has 0 bridgehead atoms. The van der Waals surface area contributed by atoms with E-state index >= 15 is 0 Å². The standard InChI is InChI=1S/C16H14N4O/c17-8-11-2-1-3-14(6-11)20-16(21)12-7-15(10-18-9-12)19-13-4-5-13/h1-3,6-7,9-10,13,19H,4-5H2,(H,20,21). The van der Waals surface area contributed by atoms with E-state index in [9.17, 15) is 4.79 Å². The molecule has 1 aromatic heterocycles. The molecule has 3 rings (SSSR count). The van der Waals surface area contributed by atoms with Crippen molar-refractivity contribution in [3.63, 3.8) is 0 Å². The van der Waals surface area contributed by atoms with Gasteiger partial charge < -0.3 is 10.6 Å². The molecule has 2 aromatic rings. The van der Waals surface area contributed by atoms with Crippen LogP contribution in [0.5, 0.6) is 0 Å². The van der Waals surface area contributed by atoms with E-state index in [4.69, 9.17) is 5.26 Å². The van der Waals surface area contributed by atoms with E-state index in [0.29, 0.717) is 22.9 Å². The Kier molecular flexibility index (Phi) is 3.52. The van der Waals surface area contributed by atoms with E-state index in [-0.39, 0.29) is 5.91 Å². The number of anilines is 2. The Balaban J connectivity index is 1.73. The van der Waals surface area contributed by atoms with E-state index in [0.717, 1.165) is 18.5 Å². The lowest BCUT2D eigenvalue weighted by molar-refractivity contribution is 0.102. The Labute approximate surface area is 122 Å². The van der Waals surface area contributed by atoms with Gasteiger partial charge in [0.1, 0.15) is 0 Å². The van der Waals surface area contributed by atoms with Crippen LogP contribution in [0.1, 0.15) is 28.8 Å². The van der Waals surface area contributed by atoms with Gasteiger partial charge in [-0.3, -0.25) is 9.78 Å². The van der Waals surface area contributed by atoms with Gasteiger partial charge >= 0.3 is 0 Å². The van der Waals surface area contributed by atoms with Gasteiger partial charge in [0.15, 0.2) is 0 Å². The van der Waals surface area contributed by atoms with Crippen molar-refractivity contribution in [1.29, 1.82) is 5.26 Å². The zero-order valence-corrected chi connectivity index (χ0v) is 11.3. The van der Waals surface area contributed by atoms with Crippen molar-refractivity contribution >= 4 is 17.3 Å². The predicted molar refractivity (Wildman–Crippen MR) is 80.0 cm³/mol. The molecule has 2 N–H and O–H groups in total. The first-order valence-corrected chi connectivity index (χ1v) is 6.78. The molecule has 0 radical (unpaired) electrons. The van der Waals surface area contributed by atoms with E-state index in [2.05, 4.69) is 15.6 Å². The number of pyridine rings is 1. The highest BCUT2D eigenvalue weighted by Crippen LogP contribution is 2.24. The van der Waals surface area contributed by atoms with Crippen molar-refractivity contribution in [2.45, 2.75) is 18.9 Å². The minimum Gasteiger partial charge on any atom is -0.381 e. The summed E-state index contributed by atoms with van der Waals surface area (Å²) in [6.45, 7) is 0. The molecule has 0 atom stereocenters. The Morgan fingerprint density at radius 1 is 1.24 bits per heavy atom. The molecule has 1 amide bonds. The molecule has 0 aliphatic heterocycles. The molecule has 21 heavy (non-hydrogen) atoms. The van der Waals surface area contributed by atoms with Crippen LogP contribution in [0.25, 0.3) is 0 Å². The van der Waals surface area contributed by atoms with E-state index < -0.39 is 0 Å². The monoisotopic (exact) mass is 278 g/mol. The Morgan fingerprint density at radius 3 is 2.86 bits per heavy atom. The fourth-order valence-electron chi connectivity index (χ4n) is 1.98. The van der Waals surface area contributed by atoms with Gasteiger partial charge in [-0.05, 0) is 37.1 Å². The molecule has 1 aliphatic carbocycles. The number of benzene rings is 1. The first-order valence-electron chi connectivity index (χ1n) is 6.78. The lowest BCUT2D eigenvalue weighted by atomic mass is 10.2. The van der Waals surface area contributed by atoms with Gasteiger partial charge in [0.05, 0.1) is 22.9 Å². The first-order chi connectivity index (χ1) is 10.2. The number of carbonyl (C=O) groups excluding carboxylic acids is 1. The van der Waals surface area contributed by atoms with Crippen LogP contribution in [0.15, 0.2) is 42.7 Å². The molecule has 5 nitrogen and oxygen atoms in total. The average molecular weight is 278 g/mol. The molecule has 5 heteroatoms. The fraction of sp³-hybridized carbons (Fsp3) is 0.188. The number of hydrogen-bond acceptors (Lipinski definition) is 4. The highest BCUT2D eigenvalue weighted by atomic mass is 16.1. The molecule has 1 aromatic carbocycles. The van der Waals surface area contributed by atoms with Gasteiger partial charge in [-0.1, -0.05) is 6.07 Å². The largest absolute Gasteiger partial charge is 0.381 e. The summed E-state index contributed by atoms with van der Waals surface area (Å²) in [6, 6.07) is 11.2. The maximum Gasteiger partial charge on any atom is 0.257 e. The van der Waals surface area contributed by atoms with Crippen molar-refractivity contribution in [3.05, 3.63) is 53.9 Å². The molecule has 1 heterocycles. The molecular weight excluding hydrogens is 264 g/mol. The van der Waals surface area contributed by atoms with Crippen LogP contribution in [-0.4, -0.2) is 16.9 Å². The van der Waals surface area contributed by atoms with Gasteiger partial charge in [0, 0.05) is 24.1 Å². The third-order valence-corrected chi connectivity index (χ3v) is 3.20. The SMILES string of the molecule is N#Cc1cccc(NC(=O)c2cncc(NC3CC3)c2)c1. The summed E-state index contributed by atoms with van der Waals surface area (Å²) in [5, 5.41) is 14.9. The zero-order chi connectivity index (χ0) is 14.7. The normalized spacial score (nSPS) is 13.3. The number of aromatic nitrogens is 1. The molecular formula is C16H14N4O. The number of nitrogens with zero attached hydrogens (tertiary/aromatic N) is 2. The van der Waals surface area contributed by atoms with Crippen LogP contribution in [0, 0.1) is 11.3 Å². The van der Waals surface area contributed by atoms with Gasteiger partial charge in [-0.2, -0.15) is 5.26 Å². The van der Waals surface area contributed by atoms with Crippen LogP contribution in [0.3, 0.4) is 0 Å². The minimum atomic E-state index is -0.239. The summed E-state index contributed by atoms with van der Waals surface area (Å²) in [4.78, 5) is 16.3. The second-order valence-corrected chi connectivity index (χ2v) is 5.03. The first kappa shape index (κ1) is 13.1. The topological polar surface area (TPSA) is 77.8 Å². The maximum atomic E-state index is 12.2. The molecule has 0 saturated heterocycles. The zero-order valence-electron chi connectivity index (χ0n) is 11.3. The summed E-state index contributed by atoms with van der Waals surface area (Å²) in [6.07, 6.45) is 5.57. The van der Waals surface area contributed by atoms with Crippen LogP contribution in [-0.2, 0) is 0 Å². The number of hydrogen-bond donors (Lipinski definition) is 2. The number of amides is 1. The van der Waals surface area contributed by atoms with Crippen molar-refractivity contribution in [1.82, 2.24) is 4.98 Å². The Morgan fingerprint density at radius 2 is 2.10 bits per heavy atom. The number of carbonyl (C=O) groups is 1. The van der Waals surface area contributed by atoms with Gasteiger partial charge in [0.2, 0.25) is 0 Å². The van der Waals surface area contributed by atoms with Gasteiger partial charge in [0.25, 0.3) is 5.91 Å². The number of nitrogens with one attached hydrogen (secondary N) is 2. The second kappa shape index (κ2) is 5.63. The average Bonchev–Trinajstić information content (AvgIpc) is 3.31. The Hall–Kier alpha value is -2.87. The maximum absolute atomic E-state index is 12.2. The van der Waals surface area contributed by atoms with Crippen LogP contribution in [0.4, 0.5) is 11.4 Å². The third kappa shape index (κ3) is 3.37. The van der Waals surface area contributed by atoms with Crippen molar-refractivity contribution in [2.75, 3.05) is 10.6 Å². The van der Waals surface area contributed by atoms with Crippen LogP contribution >= 0.6 is 0 Å². The smallest absolute Gasteiger partial charge is 0.257 e. The van der Waals surface area contributed by atoms with Crippen LogP contribution < -0.4 is 10.6 Å². The highest BCUT2D eigenvalue weighted by Gasteiger charge is 2.21. The summed E-state index contributed by atoms with van der Waals surface area (Å²) in [5.41, 5.74) is 2.45. The number of rotatable bonds is 4. The lowest BCUT2D eigenvalue weighted by Crippen LogP contribution is -2.13. The summed E-state index contributed by atoms with van der Waals surface area (Å²) in [5.74, 6) is -0.239. The quantitative estimate of drug-likeness (QED) is 0.901. The van der Waals surface area contributed by atoms with Crippen molar-refractivity contribution < 1.29 is 4.79 Å². The molecule has 104 valence electrons. The fourth-order valence-corrected chi connectivity index (χ4v) is 1.98. The summed E-state index contributed by atoms with van der Waals surface area (Å²) < 4.78 is 0. The molecule has 1 aliphatic rings. The minimum absolute atomic E-state index is 0.239. The molecule has 1 fully saturated rings. The molecule has 0 spiro atoms. The predicted octanol–water partition coefficient (Wildman–Crippen LogP) is 2.78. The van der Waals surface area contributed by atoms with E-state index in [1.54, 1.807) is 36.5 Å². The number of nitriles is 1. The van der Waals surface area contributed by atoms with Crippen molar-refractivity contribution in [2.24, 2.45) is 0 Å².